The van der Waals surface area contributed by atoms with Gasteiger partial charge in [0.1, 0.15) is 0 Å². The lowest BCUT2D eigenvalue weighted by molar-refractivity contribution is 0.110. The predicted molar refractivity (Wildman–Crippen MR) is 41.5 cm³/mol. The Morgan fingerprint density at radius 3 is 2.90 bits per heavy atom. The molecular formula is C8H15NO. The molecule has 0 heterocycles. The molecule has 1 aliphatic carbocycles. The second kappa shape index (κ2) is 3.74. The number of aliphatic hydroxyl groups excluding tert-OH is 1. The largest absolute Gasteiger partial charge is 0.392 e. The van der Waals surface area contributed by atoms with Gasteiger partial charge in [-0.3, -0.25) is 0 Å². The molecule has 2 unspecified atom stereocenters. The van der Waals surface area contributed by atoms with E-state index in [0.29, 0.717) is 12.5 Å². The molecule has 0 fully saturated rings. The third-order valence-corrected chi connectivity index (χ3v) is 2.10. The minimum atomic E-state index is -0.287. The maximum Gasteiger partial charge on any atom is 0.0693 e. The molecule has 0 aromatic rings. The second-order valence-electron chi connectivity index (χ2n) is 2.85. The van der Waals surface area contributed by atoms with Crippen molar-refractivity contribution in [3.05, 3.63) is 12.2 Å². The maximum atomic E-state index is 9.32. The summed E-state index contributed by atoms with van der Waals surface area (Å²) < 4.78 is 0. The zero-order valence-electron chi connectivity index (χ0n) is 6.16. The summed E-state index contributed by atoms with van der Waals surface area (Å²) in [5.41, 5.74) is 5.33. The van der Waals surface area contributed by atoms with Crippen molar-refractivity contribution in [3.8, 4) is 0 Å². The summed E-state index contributed by atoms with van der Waals surface area (Å²) in [6, 6.07) is 0. The predicted octanol–water partition coefficient (Wildman–Crippen LogP) is 0.662. The summed E-state index contributed by atoms with van der Waals surface area (Å²) in [4.78, 5) is 0. The number of hydrogen-bond acceptors (Lipinski definition) is 2. The highest BCUT2D eigenvalue weighted by Crippen LogP contribution is 2.20. The first kappa shape index (κ1) is 7.76. The normalized spacial score (nSPS) is 28.4. The van der Waals surface area contributed by atoms with Crippen molar-refractivity contribution in [1.29, 1.82) is 0 Å². The number of rotatable bonds is 2. The molecule has 0 aliphatic heterocycles. The van der Waals surface area contributed by atoms with E-state index in [1.807, 2.05) is 0 Å². The first-order valence-corrected chi connectivity index (χ1v) is 3.87. The van der Waals surface area contributed by atoms with E-state index in [-0.39, 0.29) is 6.10 Å². The van der Waals surface area contributed by atoms with Crippen LogP contribution in [-0.4, -0.2) is 17.8 Å². The molecule has 2 nitrogen and oxygen atoms in total. The summed E-state index contributed by atoms with van der Waals surface area (Å²) in [7, 11) is 0. The monoisotopic (exact) mass is 141 g/mol. The van der Waals surface area contributed by atoms with Crippen molar-refractivity contribution >= 4 is 0 Å². The molecule has 0 spiro atoms. The van der Waals surface area contributed by atoms with Crippen LogP contribution >= 0.6 is 0 Å². The van der Waals surface area contributed by atoms with Gasteiger partial charge >= 0.3 is 0 Å². The van der Waals surface area contributed by atoms with Crippen LogP contribution in [0.25, 0.3) is 0 Å². The van der Waals surface area contributed by atoms with Gasteiger partial charge in [-0.05, 0) is 25.2 Å². The van der Waals surface area contributed by atoms with Crippen molar-refractivity contribution in [1.82, 2.24) is 0 Å². The lowest BCUT2D eigenvalue weighted by Crippen LogP contribution is -2.29. The molecule has 0 bridgehead atoms. The Hall–Kier alpha value is -0.340. The molecule has 0 amide bonds. The molecule has 1 aliphatic rings. The molecule has 0 saturated carbocycles. The van der Waals surface area contributed by atoms with E-state index < -0.39 is 0 Å². The molecular weight excluding hydrogens is 126 g/mol. The minimum absolute atomic E-state index is 0.287. The van der Waals surface area contributed by atoms with Gasteiger partial charge in [0, 0.05) is 6.54 Å². The molecule has 0 aromatic heterocycles. The molecule has 0 radical (unpaired) electrons. The minimum Gasteiger partial charge on any atom is -0.392 e. The van der Waals surface area contributed by atoms with Gasteiger partial charge in [-0.25, -0.2) is 0 Å². The van der Waals surface area contributed by atoms with Gasteiger partial charge in [0.15, 0.2) is 0 Å². The quantitative estimate of drug-likeness (QED) is 0.555. The van der Waals surface area contributed by atoms with E-state index in [1.54, 1.807) is 0 Å². The summed E-state index contributed by atoms with van der Waals surface area (Å²) in [5.74, 6) is 0.412. The smallest absolute Gasteiger partial charge is 0.0693 e. The zero-order chi connectivity index (χ0) is 7.40. The van der Waals surface area contributed by atoms with Gasteiger partial charge < -0.3 is 10.8 Å². The van der Waals surface area contributed by atoms with Crippen molar-refractivity contribution in [2.75, 3.05) is 6.54 Å². The highest BCUT2D eigenvalue weighted by Gasteiger charge is 2.17. The Balaban J connectivity index is 2.33. The van der Waals surface area contributed by atoms with E-state index in [9.17, 15) is 5.11 Å². The van der Waals surface area contributed by atoms with Gasteiger partial charge in [0.2, 0.25) is 0 Å². The molecule has 58 valence electrons. The Kier molecular flexibility index (Phi) is 2.90. The average molecular weight is 141 g/mol. The topological polar surface area (TPSA) is 46.2 Å². The number of nitrogens with two attached hydrogens (primary N) is 1. The van der Waals surface area contributed by atoms with Crippen LogP contribution in [-0.2, 0) is 0 Å². The molecule has 10 heavy (non-hydrogen) atoms. The Morgan fingerprint density at radius 2 is 2.40 bits per heavy atom. The molecule has 0 aromatic carbocycles. The number of hydrogen-bond donors (Lipinski definition) is 2. The van der Waals surface area contributed by atoms with Crippen LogP contribution in [0, 0.1) is 5.92 Å². The second-order valence-corrected chi connectivity index (χ2v) is 2.85. The van der Waals surface area contributed by atoms with Crippen molar-refractivity contribution in [2.45, 2.75) is 25.4 Å². The SMILES string of the molecule is NCC(O)C1CC=CCC1. The fraction of sp³-hybridized carbons (Fsp3) is 0.750. The zero-order valence-corrected chi connectivity index (χ0v) is 6.16. The van der Waals surface area contributed by atoms with Crippen molar-refractivity contribution in [2.24, 2.45) is 11.7 Å². The van der Waals surface area contributed by atoms with E-state index in [0.717, 1.165) is 19.3 Å². The van der Waals surface area contributed by atoms with Gasteiger partial charge in [0.25, 0.3) is 0 Å². The fourth-order valence-corrected chi connectivity index (χ4v) is 1.36. The fourth-order valence-electron chi connectivity index (χ4n) is 1.36. The third-order valence-electron chi connectivity index (χ3n) is 2.10. The van der Waals surface area contributed by atoms with Gasteiger partial charge in [-0.15, -0.1) is 0 Å². The van der Waals surface area contributed by atoms with E-state index in [1.165, 1.54) is 0 Å². The molecule has 0 saturated heterocycles. The van der Waals surface area contributed by atoms with E-state index >= 15 is 0 Å². The van der Waals surface area contributed by atoms with Crippen LogP contribution in [0.5, 0.6) is 0 Å². The molecule has 3 N–H and O–H groups in total. The third kappa shape index (κ3) is 1.82. The average Bonchev–Trinajstić information content (AvgIpc) is 2.05. The summed E-state index contributed by atoms with van der Waals surface area (Å²) in [6.45, 7) is 0.401. The Bertz CT molecular complexity index is 122. The van der Waals surface area contributed by atoms with Gasteiger partial charge in [-0.2, -0.15) is 0 Å². The highest BCUT2D eigenvalue weighted by molar-refractivity contribution is 4.92. The van der Waals surface area contributed by atoms with Crippen LogP contribution in [0.2, 0.25) is 0 Å². The number of allylic oxidation sites excluding steroid dienone is 2. The van der Waals surface area contributed by atoms with Crippen molar-refractivity contribution in [3.63, 3.8) is 0 Å². The molecule has 2 heteroatoms. The van der Waals surface area contributed by atoms with Gasteiger partial charge in [-0.1, -0.05) is 12.2 Å². The van der Waals surface area contributed by atoms with Crippen LogP contribution in [0.4, 0.5) is 0 Å². The summed E-state index contributed by atoms with van der Waals surface area (Å²) in [5, 5.41) is 9.32. The lowest BCUT2D eigenvalue weighted by Gasteiger charge is -2.21. The first-order chi connectivity index (χ1) is 4.84. The van der Waals surface area contributed by atoms with E-state index in [2.05, 4.69) is 12.2 Å². The standard InChI is InChI=1S/C8H15NO/c9-6-8(10)7-4-2-1-3-5-7/h1-2,7-8,10H,3-6,9H2. The Morgan fingerprint density at radius 1 is 1.60 bits per heavy atom. The number of aliphatic hydroxyl groups is 1. The molecule has 1 rings (SSSR count). The van der Waals surface area contributed by atoms with Crippen LogP contribution < -0.4 is 5.73 Å². The van der Waals surface area contributed by atoms with Crippen LogP contribution in [0.3, 0.4) is 0 Å². The first-order valence-electron chi connectivity index (χ1n) is 3.87. The van der Waals surface area contributed by atoms with Crippen LogP contribution in [0.1, 0.15) is 19.3 Å². The highest BCUT2D eigenvalue weighted by atomic mass is 16.3. The maximum absolute atomic E-state index is 9.32. The van der Waals surface area contributed by atoms with Gasteiger partial charge in [0.05, 0.1) is 6.10 Å². The Labute approximate surface area is 61.7 Å². The summed E-state index contributed by atoms with van der Waals surface area (Å²) >= 11 is 0. The van der Waals surface area contributed by atoms with Crippen LogP contribution in [0.15, 0.2) is 12.2 Å². The molecule has 2 atom stereocenters. The van der Waals surface area contributed by atoms with Crippen molar-refractivity contribution < 1.29 is 5.11 Å². The lowest BCUT2D eigenvalue weighted by atomic mass is 9.89. The van der Waals surface area contributed by atoms with E-state index in [4.69, 9.17) is 5.73 Å². The summed E-state index contributed by atoms with van der Waals surface area (Å²) in [6.07, 6.45) is 7.20.